The molecular weight excluding hydrogens is 330 g/mol. The summed E-state index contributed by atoms with van der Waals surface area (Å²) in [6, 6.07) is 6.20. The molecule has 0 aliphatic heterocycles. The molecule has 1 aromatic carbocycles. The second-order valence-corrected chi connectivity index (χ2v) is 7.13. The zero-order chi connectivity index (χ0) is 18.3. The molecule has 0 aromatic heterocycles. The third kappa shape index (κ3) is 6.51. The number of carbonyl (C=O) groups excluding carboxylic acids is 1. The molecule has 0 bridgehead atoms. The highest BCUT2D eigenvalue weighted by atomic mass is 32.2. The lowest BCUT2D eigenvalue weighted by Gasteiger charge is -2.11. The minimum atomic E-state index is -3.67. The van der Waals surface area contributed by atoms with Crippen LogP contribution in [0.1, 0.15) is 30.0 Å². The summed E-state index contributed by atoms with van der Waals surface area (Å²) in [7, 11) is -3.67. The Morgan fingerprint density at radius 1 is 1.46 bits per heavy atom. The lowest BCUT2D eigenvalue weighted by Crippen LogP contribution is -2.26. The predicted octanol–water partition coefficient (Wildman–Crippen LogP) is 1.48. The number of nitrogens with one attached hydrogen (secondary N) is 1. The van der Waals surface area contributed by atoms with Gasteiger partial charge in [0, 0.05) is 5.57 Å². The Morgan fingerprint density at radius 2 is 2.08 bits per heavy atom. The number of nitrogens with zero attached hydrogens (tertiary/aromatic N) is 1. The zero-order valence-corrected chi connectivity index (χ0v) is 14.8. The van der Waals surface area contributed by atoms with E-state index in [1.54, 1.807) is 0 Å². The first kappa shape index (κ1) is 19.9. The summed E-state index contributed by atoms with van der Waals surface area (Å²) in [6.45, 7) is 4.19. The largest absolute Gasteiger partial charge is 0.322 e. The Labute approximate surface area is 142 Å². The number of hydrogen-bond acceptors (Lipinski definition) is 5. The molecule has 24 heavy (non-hydrogen) atoms. The molecule has 8 heteroatoms. The first-order chi connectivity index (χ1) is 11.1. The van der Waals surface area contributed by atoms with E-state index >= 15 is 0 Å². The summed E-state index contributed by atoms with van der Waals surface area (Å²) >= 11 is 0. The zero-order valence-electron chi connectivity index (χ0n) is 14.0. The van der Waals surface area contributed by atoms with Crippen LogP contribution < -0.4 is 11.2 Å². The van der Waals surface area contributed by atoms with Gasteiger partial charge < -0.3 is 11.2 Å². The number of rotatable bonds is 2. The van der Waals surface area contributed by atoms with Crippen LogP contribution in [0.3, 0.4) is 0 Å². The van der Waals surface area contributed by atoms with E-state index in [9.17, 15) is 13.2 Å². The number of hydrogen-bond donors (Lipinski definition) is 3. The van der Waals surface area contributed by atoms with E-state index in [0.717, 1.165) is 24.0 Å². The molecule has 132 valence electrons. The monoisotopic (exact) mass is 353 g/mol. The van der Waals surface area contributed by atoms with E-state index in [1.165, 1.54) is 17.5 Å². The summed E-state index contributed by atoms with van der Waals surface area (Å²) < 4.78 is 25.9. The van der Waals surface area contributed by atoms with Crippen molar-refractivity contribution in [3.05, 3.63) is 40.5 Å². The Kier molecular flexibility index (Phi) is 7.12. The normalized spacial score (nSPS) is 17.2. The molecule has 2 rings (SSSR count). The summed E-state index contributed by atoms with van der Waals surface area (Å²) in [4.78, 5) is 12.1. The van der Waals surface area contributed by atoms with Gasteiger partial charge in [-0.05, 0) is 48.4 Å². The number of carbonyl (C=O) groups is 1. The highest BCUT2D eigenvalue weighted by Gasteiger charge is 2.21. The van der Waals surface area contributed by atoms with E-state index in [4.69, 9.17) is 10.4 Å². The fourth-order valence-corrected chi connectivity index (χ4v) is 2.50. The Bertz CT molecular complexity index is 747. The van der Waals surface area contributed by atoms with Crippen molar-refractivity contribution in [3.63, 3.8) is 0 Å². The maximum absolute atomic E-state index is 12.1. The quantitative estimate of drug-likeness (QED) is 0.244. The van der Waals surface area contributed by atoms with Crippen molar-refractivity contribution in [1.29, 1.82) is 0 Å². The first-order valence-corrected chi connectivity index (χ1v) is 9.23. The summed E-state index contributed by atoms with van der Waals surface area (Å²) in [5.41, 5.74) is 4.54. The van der Waals surface area contributed by atoms with E-state index in [-0.39, 0.29) is 11.8 Å². The summed E-state index contributed by atoms with van der Waals surface area (Å²) in [5, 5.41) is 5.88. The fourth-order valence-electron chi connectivity index (χ4n) is 2.50. The minimum Gasteiger partial charge on any atom is -0.322 e. The number of nitrogens with two attached hydrogens (primary N) is 1. The summed E-state index contributed by atoms with van der Waals surface area (Å²) in [5.74, 6) is 5.10. The Balaban J connectivity index is 0.000000505. The van der Waals surface area contributed by atoms with E-state index in [2.05, 4.69) is 36.4 Å². The molecule has 1 unspecified atom stereocenters. The summed E-state index contributed by atoms with van der Waals surface area (Å²) in [6.07, 6.45) is 5.89. The van der Waals surface area contributed by atoms with Crippen molar-refractivity contribution in [2.24, 2.45) is 16.9 Å². The van der Waals surface area contributed by atoms with Gasteiger partial charge in [-0.1, -0.05) is 25.1 Å². The van der Waals surface area contributed by atoms with E-state index in [1.807, 2.05) is 12.1 Å². The Morgan fingerprint density at radius 3 is 2.67 bits per heavy atom. The van der Waals surface area contributed by atoms with Crippen LogP contribution in [0.25, 0.3) is 6.08 Å². The smallest absolute Gasteiger partial charge is 0.261 e. The highest BCUT2D eigenvalue weighted by molar-refractivity contribution is 7.85. The van der Waals surface area contributed by atoms with Gasteiger partial charge in [-0.3, -0.25) is 9.35 Å². The van der Waals surface area contributed by atoms with Crippen molar-refractivity contribution < 1.29 is 17.8 Å². The maximum atomic E-state index is 12.1. The molecule has 1 aromatic rings. The molecule has 1 amide bonds. The standard InChI is InChI=1S/C15H19N3O.CH4O3S/c1-10-4-3-5-12-8-14(15(19)17-9-18-16)11(2)6-7-13(10)12;1-5(2,3)4/h3-5,8-9,11H,6-7,16H2,1-2H3,(H,17,18,19);1H3,(H,2,3,4). The molecule has 7 nitrogen and oxygen atoms in total. The predicted molar refractivity (Wildman–Crippen MR) is 94.9 cm³/mol. The second-order valence-electron chi connectivity index (χ2n) is 5.67. The van der Waals surface area contributed by atoms with Gasteiger partial charge in [-0.15, -0.1) is 0 Å². The number of hydrazone groups is 1. The van der Waals surface area contributed by atoms with E-state index < -0.39 is 10.1 Å². The molecule has 0 radical (unpaired) electrons. The second kappa shape index (κ2) is 8.60. The van der Waals surface area contributed by atoms with Crippen molar-refractivity contribution in [2.75, 3.05) is 6.26 Å². The van der Waals surface area contributed by atoms with Crippen LogP contribution in [0, 0.1) is 12.8 Å². The average molecular weight is 353 g/mol. The minimum absolute atomic E-state index is 0.129. The third-order valence-corrected chi connectivity index (χ3v) is 3.65. The molecule has 1 atom stereocenters. The molecule has 1 aliphatic carbocycles. The van der Waals surface area contributed by atoms with Crippen LogP contribution in [0.4, 0.5) is 0 Å². The van der Waals surface area contributed by atoms with Crippen molar-refractivity contribution in [2.45, 2.75) is 26.7 Å². The lowest BCUT2D eigenvalue weighted by molar-refractivity contribution is -0.116. The van der Waals surface area contributed by atoms with Crippen molar-refractivity contribution in [1.82, 2.24) is 5.32 Å². The van der Waals surface area contributed by atoms with Gasteiger partial charge >= 0.3 is 0 Å². The first-order valence-electron chi connectivity index (χ1n) is 7.38. The van der Waals surface area contributed by atoms with Crippen LogP contribution >= 0.6 is 0 Å². The number of fused-ring (bicyclic) bond motifs is 1. The van der Waals surface area contributed by atoms with Crippen molar-refractivity contribution >= 4 is 28.4 Å². The average Bonchev–Trinajstić information content (AvgIpc) is 2.63. The van der Waals surface area contributed by atoms with Gasteiger partial charge in [0.1, 0.15) is 6.34 Å². The molecule has 0 fully saturated rings. The van der Waals surface area contributed by atoms with Gasteiger partial charge in [-0.2, -0.15) is 13.5 Å². The van der Waals surface area contributed by atoms with E-state index in [0.29, 0.717) is 6.26 Å². The number of benzene rings is 1. The van der Waals surface area contributed by atoms with Gasteiger partial charge in [-0.25, -0.2) is 0 Å². The molecule has 4 N–H and O–H groups in total. The highest BCUT2D eigenvalue weighted by Crippen LogP contribution is 2.29. The van der Waals surface area contributed by atoms with Gasteiger partial charge in [0.25, 0.3) is 16.0 Å². The molecule has 0 saturated heterocycles. The van der Waals surface area contributed by atoms with Crippen LogP contribution in [0.15, 0.2) is 28.9 Å². The van der Waals surface area contributed by atoms with Crippen LogP contribution in [-0.2, 0) is 21.3 Å². The van der Waals surface area contributed by atoms with Gasteiger partial charge in [0.2, 0.25) is 0 Å². The Hall–Kier alpha value is -2.19. The molecule has 1 aliphatic rings. The van der Waals surface area contributed by atoms with Gasteiger partial charge in [0.15, 0.2) is 0 Å². The molecule has 0 saturated carbocycles. The van der Waals surface area contributed by atoms with Gasteiger partial charge in [0.05, 0.1) is 6.26 Å². The molecule has 0 spiro atoms. The van der Waals surface area contributed by atoms with Crippen LogP contribution in [0.2, 0.25) is 0 Å². The SMILES string of the molecule is CS(=O)(=O)O.Cc1cccc2c1CCC(C)C(C(=O)NC=NN)=C2. The lowest BCUT2D eigenvalue weighted by atomic mass is 9.95. The number of aryl methyl sites for hydroxylation is 1. The van der Waals surface area contributed by atoms with Crippen LogP contribution in [-0.4, -0.2) is 31.5 Å². The third-order valence-electron chi connectivity index (χ3n) is 3.65. The number of amides is 1. The maximum Gasteiger partial charge on any atom is 0.261 e. The fraction of sp³-hybridized carbons (Fsp3) is 0.375. The molecule has 0 heterocycles. The molecular formula is C16H23N3O4S. The van der Waals surface area contributed by atoms with Crippen molar-refractivity contribution in [3.8, 4) is 0 Å². The van der Waals surface area contributed by atoms with Crippen LogP contribution in [0.5, 0.6) is 0 Å². The topological polar surface area (TPSA) is 122 Å².